The Morgan fingerprint density at radius 2 is 1.42 bits per heavy atom. The average Bonchev–Trinajstić information content (AvgIpc) is 3.07. The molecule has 1 radical (unpaired) electrons. The monoisotopic (exact) mass is 606 g/mol. The van der Waals surface area contributed by atoms with E-state index < -0.39 is 11.7 Å². The molecule has 1 aromatic heterocycles. The van der Waals surface area contributed by atoms with E-state index in [0.29, 0.717) is 12.0 Å². The number of aromatic nitrogens is 1. The molecule has 0 saturated heterocycles. The van der Waals surface area contributed by atoms with E-state index in [1.54, 1.807) is 18.5 Å². The number of nitrogens with zero attached hydrogens (tertiary/aromatic N) is 1. The normalized spacial score (nSPS) is 10.7. The maximum Gasteiger partial charge on any atom is 0.416 e. The van der Waals surface area contributed by atoms with Crippen molar-refractivity contribution >= 4 is 11.6 Å². The van der Waals surface area contributed by atoms with Gasteiger partial charge < -0.3 is 0 Å². The van der Waals surface area contributed by atoms with Crippen LogP contribution in [0.5, 0.6) is 0 Å². The summed E-state index contributed by atoms with van der Waals surface area (Å²) in [5.74, 6) is -0.125. The van der Waals surface area contributed by atoms with Crippen LogP contribution >= 0.6 is 0 Å². The molecule has 1 heterocycles. The minimum atomic E-state index is -4.27. The molecule has 1 aliphatic carbocycles. The molecule has 0 atom stereocenters. The zero-order valence-electron chi connectivity index (χ0n) is 17.1. The van der Waals surface area contributed by atoms with Gasteiger partial charge in [-0.05, 0) is 60.7 Å². The van der Waals surface area contributed by atoms with Gasteiger partial charge in [0.2, 0.25) is 0 Å². The molecular weight excluding hydrogens is 583 g/mol. The second-order valence-electron chi connectivity index (χ2n) is 6.77. The van der Waals surface area contributed by atoms with Gasteiger partial charge in [0.05, 0.1) is 12.0 Å². The van der Waals surface area contributed by atoms with E-state index in [-0.39, 0.29) is 38.1 Å². The number of carbonyl (C=O) groups excluding carboxylic acids is 2. The third kappa shape index (κ3) is 8.19. The van der Waals surface area contributed by atoms with Crippen LogP contribution < -0.4 is 0 Å². The van der Waals surface area contributed by atoms with Gasteiger partial charge in [-0.15, -0.1) is 0 Å². The fourth-order valence-corrected chi connectivity index (χ4v) is 3.09. The number of rotatable bonds is 2. The number of carbonyl (C=O) groups is 2. The Morgan fingerprint density at radius 3 is 1.87 bits per heavy atom. The molecule has 31 heavy (non-hydrogen) atoms. The number of hydrogen-bond acceptors (Lipinski definition) is 3. The maximum absolute atomic E-state index is 12.9. The Labute approximate surface area is 193 Å². The molecule has 0 aliphatic heterocycles. The predicted octanol–water partition coefficient (Wildman–Crippen LogP) is 5.91. The van der Waals surface area contributed by atoms with Gasteiger partial charge in [0, 0.05) is 32.5 Å². The summed E-state index contributed by atoms with van der Waals surface area (Å²) in [5.41, 5.74) is 2.51. The van der Waals surface area contributed by atoms with Crippen LogP contribution in [0.3, 0.4) is 0 Å². The second kappa shape index (κ2) is 12.3. The first-order chi connectivity index (χ1) is 14.2. The van der Waals surface area contributed by atoms with Crippen molar-refractivity contribution in [3.63, 3.8) is 0 Å². The van der Waals surface area contributed by atoms with Crippen molar-refractivity contribution in [2.24, 2.45) is 0 Å². The van der Waals surface area contributed by atoms with E-state index in [1.165, 1.54) is 19.9 Å². The first kappa shape index (κ1) is 26.4. The van der Waals surface area contributed by atoms with Gasteiger partial charge in [-0.3, -0.25) is 14.6 Å². The second-order valence-corrected chi connectivity index (χ2v) is 6.77. The van der Waals surface area contributed by atoms with Gasteiger partial charge in [0.15, 0.2) is 0 Å². The average molecular weight is 606 g/mol. The molecule has 2 aromatic carbocycles. The van der Waals surface area contributed by atoms with E-state index in [0.717, 1.165) is 22.8 Å². The molecule has 3 nitrogen and oxygen atoms in total. The van der Waals surface area contributed by atoms with Crippen LogP contribution in [0.4, 0.5) is 13.2 Å². The van der Waals surface area contributed by atoms with Crippen molar-refractivity contribution in [2.75, 3.05) is 0 Å². The summed E-state index contributed by atoms with van der Waals surface area (Å²) in [5, 5.41) is 0. The van der Waals surface area contributed by atoms with Crippen molar-refractivity contribution < 1.29 is 42.9 Å². The molecule has 165 valence electrons. The van der Waals surface area contributed by atoms with E-state index >= 15 is 0 Å². The van der Waals surface area contributed by atoms with Crippen LogP contribution in [0.25, 0.3) is 11.1 Å². The van der Waals surface area contributed by atoms with Crippen molar-refractivity contribution in [3.05, 3.63) is 89.7 Å². The van der Waals surface area contributed by atoms with E-state index in [1.807, 2.05) is 42.5 Å². The zero-order chi connectivity index (χ0) is 22.1. The molecule has 0 amide bonds. The Bertz CT molecular complexity index is 966. The summed E-state index contributed by atoms with van der Waals surface area (Å²) in [6, 6.07) is 17.6. The van der Waals surface area contributed by atoms with Crippen LogP contribution in [0.1, 0.15) is 37.0 Å². The van der Waals surface area contributed by atoms with E-state index in [2.05, 4.69) is 4.98 Å². The predicted molar refractivity (Wildman–Crippen MR) is 110 cm³/mol. The number of Topliss-reactive ketones (excluding diaryl/α,β-unsaturated/α-hetero) is 2. The van der Waals surface area contributed by atoms with Crippen molar-refractivity contribution in [1.29, 1.82) is 0 Å². The quantitative estimate of drug-likeness (QED) is 0.267. The molecule has 0 unspecified atom stereocenters. The fourth-order valence-electron chi connectivity index (χ4n) is 3.09. The minimum absolute atomic E-state index is 0. The summed E-state index contributed by atoms with van der Waals surface area (Å²) in [6.45, 7) is 2.81. The third-order valence-electron chi connectivity index (χ3n) is 4.22. The smallest absolute Gasteiger partial charge is 0.300 e. The summed E-state index contributed by atoms with van der Waals surface area (Å²) < 4.78 is 38.6. The zero-order valence-corrected chi connectivity index (χ0v) is 19.5. The standard InChI is InChI=1S/C14H9F3.C5H5N.C5H8O2.Ir/c15-14(16,17)13-7-3-6-11-10-5-2-1-4-9(10)8-12(11)13;1-2-4-6-5-3-1;1-4(6)3-5(2)7;/h1-7H,8H2;1-5H;3H2,1-2H3;. The molecule has 3 aromatic rings. The van der Waals surface area contributed by atoms with E-state index in [4.69, 9.17) is 0 Å². The van der Waals surface area contributed by atoms with Crippen LogP contribution in [0, 0.1) is 0 Å². The van der Waals surface area contributed by atoms with Gasteiger partial charge in [0.1, 0.15) is 11.6 Å². The van der Waals surface area contributed by atoms with Crippen LogP contribution in [0.2, 0.25) is 0 Å². The SMILES string of the molecule is CC(=O)CC(C)=O.FC(F)(F)c1cccc2c1Cc1ccccc1-2.[Ir].c1ccncc1. The van der Waals surface area contributed by atoms with Gasteiger partial charge in [-0.1, -0.05) is 42.5 Å². The largest absolute Gasteiger partial charge is 0.416 e. The summed E-state index contributed by atoms with van der Waals surface area (Å²) in [4.78, 5) is 23.9. The number of ketones is 2. The molecular formula is C24H22F3IrNO2. The van der Waals surface area contributed by atoms with Crippen molar-refractivity contribution in [2.45, 2.75) is 32.9 Å². The Kier molecular flexibility index (Phi) is 10.5. The van der Waals surface area contributed by atoms with Crippen LogP contribution in [0.15, 0.2) is 73.1 Å². The number of pyridine rings is 1. The summed E-state index contributed by atoms with van der Waals surface area (Å²) in [6.07, 6.45) is -0.311. The first-order valence-corrected chi connectivity index (χ1v) is 9.31. The van der Waals surface area contributed by atoms with Crippen molar-refractivity contribution in [1.82, 2.24) is 4.98 Å². The van der Waals surface area contributed by atoms with Crippen LogP contribution in [-0.2, 0) is 42.3 Å². The third-order valence-corrected chi connectivity index (χ3v) is 4.22. The fraction of sp³-hybridized carbons (Fsp3) is 0.208. The number of halogens is 3. The Morgan fingerprint density at radius 1 is 0.839 bits per heavy atom. The first-order valence-electron chi connectivity index (χ1n) is 9.31. The summed E-state index contributed by atoms with van der Waals surface area (Å²) in [7, 11) is 0. The molecule has 0 saturated carbocycles. The number of alkyl halides is 3. The Balaban J connectivity index is 0.000000286. The topological polar surface area (TPSA) is 47.0 Å². The number of hydrogen-bond donors (Lipinski definition) is 0. The molecule has 0 spiro atoms. The van der Waals surface area contributed by atoms with Gasteiger partial charge in [0.25, 0.3) is 0 Å². The maximum atomic E-state index is 12.9. The molecule has 0 fully saturated rings. The number of fused-ring (bicyclic) bond motifs is 3. The molecule has 7 heteroatoms. The number of benzene rings is 2. The van der Waals surface area contributed by atoms with Gasteiger partial charge in [-0.2, -0.15) is 13.2 Å². The van der Waals surface area contributed by atoms with Crippen LogP contribution in [-0.4, -0.2) is 16.6 Å². The molecule has 0 bridgehead atoms. The van der Waals surface area contributed by atoms with Gasteiger partial charge in [-0.25, -0.2) is 0 Å². The molecule has 1 aliphatic rings. The molecule has 0 N–H and O–H groups in total. The minimum Gasteiger partial charge on any atom is -0.300 e. The summed E-state index contributed by atoms with van der Waals surface area (Å²) >= 11 is 0. The van der Waals surface area contributed by atoms with E-state index in [9.17, 15) is 22.8 Å². The molecule has 4 rings (SSSR count). The van der Waals surface area contributed by atoms with Crippen molar-refractivity contribution in [3.8, 4) is 11.1 Å². The Hall–Kier alpha value is -2.63. The van der Waals surface area contributed by atoms with Gasteiger partial charge >= 0.3 is 6.18 Å².